The number of hydrogen-bond acceptors (Lipinski definition) is 5. The number of nitrogens with zero attached hydrogens (tertiary/aromatic N) is 1. The van der Waals surface area contributed by atoms with E-state index < -0.39 is 40.6 Å². The highest BCUT2D eigenvalue weighted by Crippen LogP contribution is 2.44. The Morgan fingerprint density at radius 3 is 2.67 bits per heavy atom. The maximum atomic E-state index is 15.8. The predicted molar refractivity (Wildman–Crippen MR) is 120 cm³/mol. The highest BCUT2D eigenvalue weighted by atomic mass is 32.1. The van der Waals surface area contributed by atoms with Gasteiger partial charge in [-0.1, -0.05) is 0 Å². The van der Waals surface area contributed by atoms with Crippen LogP contribution in [0.1, 0.15) is 53.5 Å². The summed E-state index contributed by atoms with van der Waals surface area (Å²) in [5, 5.41) is 9.15. The molecular weight excluding hydrogens is 455 g/mol. The van der Waals surface area contributed by atoms with E-state index in [4.69, 9.17) is 5.73 Å². The van der Waals surface area contributed by atoms with E-state index in [1.54, 1.807) is 6.92 Å². The number of rotatable bonds is 5. The number of aromatic amines is 1. The summed E-state index contributed by atoms with van der Waals surface area (Å²) in [5.41, 5.74) is 5.00. The first-order valence-corrected chi connectivity index (χ1v) is 12.0. The van der Waals surface area contributed by atoms with Crippen molar-refractivity contribution in [1.82, 2.24) is 9.55 Å². The Morgan fingerprint density at radius 1 is 1.30 bits per heavy atom. The van der Waals surface area contributed by atoms with Crippen LogP contribution in [0.5, 0.6) is 0 Å². The molecule has 5 rings (SSSR count). The van der Waals surface area contributed by atoms with Gasteiger partial charge in [0.25, 0.3) is 12.0 Å². The van der Waals surface area contributed by atoms with Crippen LogP contribution in [0.25, 0.3) is 11.1 Å². The topological polar surface area (TPSA) is 101 Å². The van der Waals surface area contributed by atoms with E-state index in [0.717, 1.165) is 23.3 Å². The first-order chi connectivity index (χ1) is 15.7. The van der Waals surface area contributed by atoms with E-state index in [9.17, 15) is 23.5 Å². The van der Waals surface area contributed by atoms with Gasteiger partial charge in [-0.25, -0.2) is 18.0 Å². The van der Waals surface area contributed by atoms with Gasteiger partial charge in [-0.2, -0.15) is 0 Å². The van der Waals surface area contributed by atoms with Gasteiger partial charge in [0, 0.05) is 27.4 Å². The molecule has 2 heterocycles. The van der Waals surface area contributed by atoms with Crippen LogP contribution in [0.15, 0.2) is 15.7 Å². The molecule has 0 aliphatic heterocycles. The van der Waals surface area contributed by atoms with Crippen molar-refractivity contribution in [2.24, 2.45) is 11.7 Å². The minimum Gasteiger partial charge on any atom is -0.395 e. The largest absolute Gasteiger partial charge is 0.395 e. The fraction of sp³-hybridized carbons (Fsp3) is 0.565. The molecule has 0 saturated heterocycles. The third kappa shape index (κ3) is 3.63. The van der Waals surface area contributed by atoms with Gasteiger partial charge in [0.1, 0.15) is 6.17 Å². The molecule has 4 N–H and O–H groups in total. The molecule has 4 unspecified atom stereocenters. The molecule has 0 bridgehead atoms. The highest BCUT2D eigenvalue weighted by molar-refractivity contribution is 7.12. The highest BCUT2D eigenvalue weighted by Gasteiger charge is 2.40. The fourth-order valence-electron chi connectivity index (χ4n) is 5.40. The summed E-state index contributed by atoms with van der Waals surface area (Å²) in [7, 11) is 0. The Morgan fingerprint density at radius 2 is 2.03 bits per heavy atom. The van der Waals surface area contributed by atoms with Crippen molar-refractivity contribution in [3.63, 3.8) is 0 Å². The summed E-state index contributed by atoms with van der Waals surface area (Å²) >= 11 is 1.40. The number of hydrogen-bond donors (Lipinski definition) is 3. The summed E-state index contributed by atoms with van der Waals surface area (Å²) in [6.07, 6.45) is -1.64. The van der Waals surface area contributed by atoms with Crippen LogP contribution in [0.3, 0.4) is 0 Å². The number of aromatic nitrogens is 2. The van der Waals surface area contributed by atoms with E-state index in [1.165, 1.54) is 15.9 Å². The molecule has 3 aliphatic rings. The molecule has 2 aromatic rings. The van der Waals surface area contributed by atoms with Crippen molar-refractivity contribution < 1.29 is 18.3 Å². The molecule has 0 radical (unpaired) electrons. The van der Waals surface area contributed by atoms with Crippen LogP contribution in [-0.2, 0) is 12.8 Å². The number of aliphatic hydroxyl groups excluding tert-OH is 1. The maximum Gasteiger partial charge on any atom is 0.329 e. The van der Waals surface area contributed by atoms with E-state index in [2.05, 4.69) is 4.98 Å². The third-order valence-corrected chi connectivity index (χ3v) is 8.59. The lowest BCUT2D eigenvalue weighted by molar-refractivity contribution is 0.191. The molecule has 6 nitrogen and oxygen atoms in total. The van der Waals surface area contributed by atoms with Crippen LogP contribution >= 0.6 is 11.3 Å². The molecular formula is C23H26F3N3O3S. The van der Waals surface area contributed by atoms with E-state index >= 15 is 4.39 Å². The average Bonchev–Trinajstić information content (AvgIpc) is 3.51. The Balaban J connectivity index is 1.71. The molecule has 0 spiro atoms. The van der Waals surface area contributed by atoms with Crippen molar-refractivity contribution in [2.45, 2.75) is 69.6 Å². The molecule has 33 heavy (non-hydrogen) atoms. The predicted octanol–water partition coefficient (Wildman–Crippen LogP) is 1.08. The zero-order valence-corrected chi connectivity index (χ0v) is 18.9. The van der Waals surface area contributed by atoms with Gasteiger partial charge in [-0.15, -0.1) is 11.3 Å². The standard InChI is InChI=1S/C23H26F3N3O3S/c1-9-16(15-7-11-6-10(13(27)8-30)2-5-14(11)33-15)19(24)17(21(25)26)18-20(9)29(12-3-4-12)23(32)28-22(18)31/h7,10,12-13,16,19,21,30H,2-6,8,27H2,1H3,(H,28,31,32). The number of nitrogens with one attached hydrogen (secondary N) is 1. The number of alkyl halides is 3. The number of H-pyrrole nitrogens is 1. The molecule has 178 valence electrons. The Kier molecular flexibility index (Phi) is 5.65. The third-order valence-electron chi connectivity index (χ3n) is 7.27. The summed E-state index contributed by atoms with van der Waals surface area (Å²) in [5.74, 6) is -0.890. The lowest BCUT2D eigenvalue weighted by Gasteiger charge is -2.28. The zero-order valence-electron chi connectivity index (χ0n) is 18.1. The first kappa shape index (κ1) is 22.6. The number of aliphatic hydroxyl groups is 1. The monoisotopic (exact) mass is 481 g/mol. The number of aryl methyl sites for hydroxylation is 1. The molecule has 3 aliphatic carbocycles. The Bertz CT molecular complexity index is 1340. The van der Waals surface area contributed by atoms with Gasteiger partial charge >= 0.3 is 5.69 Å². The smallest absolute Gasteiger partial charge is 0.329 e. The minimum atomic E-state index is -3.16. The molecule has 0 amide bonds. The van der Waals surface area contributed by atoms with Crippen molar-refractivity contribution in [1.29, 1.82) is 0 Å². The van der Waals surface area contributed by atoms with Gasteiger partial charge < -0.3 is 10.8 Å². The van der Waals surface area contributed by atoms with Crippen molar-refractivity contribution >= 4 is 22.5 Å². The van der Waals surface area contributed by atoms with Gasteiger partial charge in [0.2, 0.25) is 0 Å². The first-order valence-electron chi connectivity index (χ1n) is 11.2. The summed E-state index contributed by atoms with van der Waals surface area (Å²) < 4.78 is 45.5. The summed E-state index contributed by atoms with van der Waals surface area (Å²) in [6.45, 7) is 1.52. The second-order valence-corrected chi connectivity index (χ2v) is 10.5. The lowest BCUT2D eigenvalue weighted by atomic mass is 9.81. The van der Waals surface area contributed by atoms with E-state index in [1.807, 2.05) is 6.07 Å². The number of thiophene rings is 1. The second-order valence-electron chi connectivity index (χ2n) is 9.35. The Hall–Kier alpha value is -2.17. The normalized spacial score (nSPS) is 25.8. The maximum absolute atomic E-state index is 15.8. The molecule has 1 saturated carbocycles. The molecule has 1 fully saturated rings. The van der Waals surface area contributed by atoms with E-state index in [0.29, 0.717) is 29.7 Å². The van der Waals surface area contributed by atoms with Crippen molar-refractivity contribution in [3.8, 4) is 0 Å². The van der Waals surface area contributed by atoms with Crippen LogP contribution in [-0.4, -0.2) is 39.9 Å². The fourth-order valence-corrected chi connectivity index (χ4v) is 6.80. The van der Waals surface area contributed by atoms with Gasteiger partial charge in [0.15, 0.2) is 0 Å². The molecule has 10 heteroatoms. The molecule has 4 atom stereocenters. The van der Waals surface area contributed by atoms with Crippen LogP contribution in [0.2, 0.25) is 0 Å². The van der Waals surface area contributed by atoms with Crippen LogP contribution in [0, 0.1) is 5.92 Å². The van der Waals surface area contributed by atoms with Gasteiger partial charge in [-0.05, 0) is 62.1 Å². The minimum absolute atomic E-state index is 0.102. The van der Waals surface area contributed by atoms with Crippen LogP contribution in [0.4, 0.5) is 13.2 Å². The van der Waals surface area contributed by atoms with Crippen molar-refractivity contribution in [2.75, 3.05) is 6.61 Å². The van der Waals surface area contributed by atoms with E-state index in [-0.39, 0.29) is 30.0 Å². The number of fused-ring (bicyclic) bond motifs is 2. The number of nitrogens with two attached hydrogens (primary N) is 1. The SMILES string of the molecule is CC1=c2c(c(=O)[nH]c(=O)n2C2CC2)=C(C(F)F)C(F)C1c1cc2c(s1)CCC(C(N)CO)C2. The lowest BCUT2D eigenvalue weighted by Crippen LogP contribution is -2.59. The quantitative estimate of drug-likeness (QED) is 0.595. The zero-order chi connectivity index (χ0) is 23.6. The molecule has 2 aromatic heterocycles. The molecule has 0 aromatic carbocycles. The van der Waals surface area contributed by atoms with Gasteiger partial charge in [-0.3, -0.25) is 14.3 Å². The van der Waals surface area contributed by atoms with Gasteiger partial charge in [0.05, 0.1) is 23.1 Å². The Labute approximate surface area is 191 Å². The second kappa shape index (κ2) is 8.25. The van der Waals surface area contributed by atoms with Crippen molar-refractivity contribution in [3.05, 3.63) is 52.8 Å². The van der Waals surface area contributed by atoms with Crippen LogP contribution < -0.4 is 27.6 Å². The summed E-state index contributed by atoms with van der Waals surface area (Å²) in [6, 6.07) is 1.34. The summed E-state index contributed by atoms with van der Waals surface area (Å²) in [4.78, 5) is 29.0. The average molecular weight is 482 g/mol. The number of halogens is 3.